The van der Waals surface area contributed by atoms with Gasteiger partial charge in [0, 0.05) is 51.5 Å². The Bertz CT molecular complexity index is 1470. The summed E-state index contributed by atoms with van der Waals surface area (Å²) >= 11 is 0. The van der Waals surface area contributed by atoms with Gasteiger partial charge in [0.15, 0.2) is 0 Å². The van der Waals surface area contributed by atoms with Crippen molar-refractivity contribution in [3.05, 3.63) is 67.8 Å². The van der Waals surface area contributed by atoms with Crippen molar-refractivity contribution in [3.8, 4) is 0 Å². The minimum absolute atomic E-state index is 0. The van der Waals surface area contributed by atoms with Gasteiger partial charge in [-0.05, 0) is 26.0 Å². The summed E-state index contributed by atoms with van der Waals surface area (Å²) in [7, 11) is -6.93. The third-order valence-corrected chi connectivity index (χ3v) is 6.59. The molecule has 0 bridgehead atoms. The van der Waals surface area contributed by atoms with Gasteiger partial charge in [0.2, 0.25) is 0 Å². The molecule has 2 aromatic carbocycles. The SMILES string of the molecule is CCN(CC)C(=O)c1ccc([N+](=O)[O-])cc1S(=O)(=O)[O-].CN(C)C(=O)c1ccc([N+](=O)[O-])cc1S(=O)(=O)O.[K+]. The number of benzene rings is 2. The maximum atomic E-state index is 12.1. The molecule has 0 radical (unpaired) electrons. The fourth-order valence-electron chi connectivity index (χ4n) is 2.94. The Balaban J connectivity index is 0.000000726. The van der Waals surface area contributed by atoms with E-state index in [9.17, 15) is 51.2 Å². The number of rotatable bonds is 8. The second kappa shape index (κ2) is 14.9. The van der Waals surface area contributed by atoms with Crippen molar-refractivity contribution >= 4 is 43.4 Å². The van der Waals surface area contributed by atoms with Gasteiger partial charge in [0.05, 0.1) is 25.9 Å². The molecule has 0 heterocycles. The van der Waals surface area contributed by atoms with E-state index in [1.54, 1.807) is 13.8 Å². The first-order valence-corrected chi connectivity index (χ1v) is 13.2. The molecule has 0 spiro atoms. The molecule has 0 aliphatic heterocycles. The fourth-order valence-corrected chi connectivity index (χ4v) is 4.34. The Kier molecular flexibility index (Phi) is 14.0. The van der Waals surface area contributed by atoms with Gasteiger partial charge < -0.3 is 14.4 Å². The molecular formula is C20H23KN4O12S2. The van der Waals surface area contributed by atoms with Crippen LogP contribution < -0.4 is 51.4 Å². The van der Waals surface area contributed by atoms with Gasteiger partial charge in [-0.1, -0.05) is 0 Å². The van der Waals surface area contributed by atoms with E-state index in [2.05, 4.69) is 0 Å². The van der Waals surface area contributed by atoms with Crippen LogP contribution in [0.15, 0.2) is 46.2 Å². The van der Waals surface area contributed by atoms with Crippen molar-refractivity contribution in [2.45, 2.75) is 23.6 Å². The van der Waals surface area contributed by atoms with Crippen LogP contribution in [0.4, 0.5) is 11.4 Å². The minimum atomic E-state index is -4.99. The number of carbonyl (C=O) groups excluding carboxylic acids is 2. The molecule has 19 heteroatoms. The number of nitro groups is 2. The molecule has 16 nitrogen and oxygen atoms in total. The Morgan fingerprint density at radius 1 is 0.821 bits per heavy atom. The van der Waals surface area contributed by atoms with Crippen molar-refractivity contribution in [3.63, 3.8) is 0 Å². The van der Waals surface area contributed by atoms with Crippen molar-refractivity contribution in [1.29, 1.82) is 0 Å². The van der Waals surface area contributed by atoms with E-state index in [4.69, 9.17) is 4.55 Å². The van der Waals surface area contributed by atoms with E-state index in [0.29, 0.717) is 25.2 Å². The number of non-ortho nitro benzene ring substituents is 2. The second-order valence-corrected chi connectivity index (χ2v) is 10.2. The molecule has 2 aromatic rings. The molecule has 0 aliphatic rings. The third kappa shape index (κ3) is 9.96. The van der Waals surface area contributed by atoms with Gasteiger partial charge in [0.1, 0.15) is 15.0 Å². The second-order valence-electron chi connectivity index (χ2n) is 7.48. The van der Waals surface area contributed by atoms with Crippen LogP contribution >= 0.6 is 0 Å². The minimum Gasteiger partial charge on any atom is -0.744 e. The van der Waals surface area contributed by atoms with E-state index < -0.39 is 63.1 Å². The standard InChI is InChI=1S/C11H14N2O6S.C9H10N2O6S.K/c1-3-12(4-2)11(14)9-6-5-8(13(15)16)7-10(9)20(17,18)19;1-10(2)9(12)7-4-3-6(11(13)14)5-8(7)18(15,16)17;/h5-7H,3-4H2,1-2H3,(H,17,18,19);3-5H,1-2H3,(H,15,16,17);/q;;+1/p-1. The van der Waals surface area contributed by atoms with Gasteiger partial charge in [-0.3, -0.25) is 34.4 Å². The zero-order valence-electron chi connectivity index (χ0n) is 21.4. The molecule has 0 fully saturated rings. The first-order chi connectivity index (χ1) is 17.4. The number of amides is 2. The quantitative estimate of drug-likeness (QED) is 0.155. The fraction of sp³-hybridized carbons (Fsp3) is 0.300. The van der Waals surface area contributed by atoms with Crippen LogP contribution in [0, 0.1) is 20.2 Å². The summed E-state index contributed by atoms with van der Waals surface area (Å²) in [5.74, 6) is -1.34. The number of nitrogens with zero attached hydrogens (tertiary/aromatic N) is 4. The molecule has 2 rings (SSSR count). The van der Waals surface area contributed by atoms with Crippen molar-refractivity contribution in [2.75, 3.05) is 27.2 Å². The molecular weight excluding hydrogens is 591 g/mol. The molecule has 0 saturated carbocycles. The van der Waals surface area contributed by atoms with E-state index in [-0.39, 0.29) is 62.5 Å². The molecule has 0 saturated heterocycles. The summed E-state index contributed by atoms with van der Waals surface area (Å²) in [6, 6.07) is 5.22. The smallest absolute Gasteiger partial charge is 0.744 e. The van der Waals surface area contributed by atoms with Crippen molar-refractivity contribution < 1.29 is 96.8 Å². The molecule has 2 amide bonds. The monoisotopic (exact) mass is 614 g/mol. The van der Waals surface area contributed by atoms with Gasteiger partial charge in [-0.15, -0.1) is 0 Å². The van der Waals surface area contributed by atoms with Crippen LogP contribution in [-0.4, -0.2) is 84.6 Å². The van der Waals surface area contributed by atoms with E-state index in [0.717, 1.165) is 29.2 Å². The molecule has 0 unspecified atom stereocenters. The van der Waals surface area contributed by atoms with Crippen LogP contribution in [0.2, 0.25) is 0 Å². The molecule has 0 atom stereocenters. The van der Waals surface area contributed by atoms with Gasteiger partial charge >= 0.3 is 51.4 Å². The normalized spacial score (nSPS) is 10.8. The Labute approximate surface area is 266 Å². The van der Waals surface area contributed by atoms with Crippen molar-refractivity contribution in [1.82, 2.24) is 9.80 Å². The summed E-state index contributed by atoms with van der Waals surface area (Å²) in [6.45, 7) is 4.03. The maximum Gasteiger partial charge on any atom is 1.00 e. The maximum absolute atomic E-state index is 12.1. The Morgan fingerprint density at radius 3 is 1.51 bits per heavy atom. The van der Waals surface area contributed by atoms with E-state index in [1.807, 2.05) is 0 Å². The summed E-state index contributed by atoms with van der Waals surface area (Å²) in [5, 5.41) is 21.1. The third-order valence-electron chi connectivity index (χ3n) is 4.82. The van der Waals surface area contributed by atoms with Crippen LogP contribution in [0.1, 0.15) is 34.6 Å². The number of nitro benzene ring substituents is 2. The molecule has 0 aliphatic carbocycles. The molecule has 39 heavy (non-hydrogen) atoms. The summed E-state index contributed by atoms with van der Waals surface area (Å²) in [6.07, 6.45) is 0. The predicted molar refractivity (Wildman–Crippen MR) is 129 cm³/mol. The number of hydrogen-bond donors (Lipinski definition) is 1. The van der Waals surface area contributed by atoms with Crippen molar-refractivity contribution in [2.24, 2.45) is 0 Å². The number of hydrogen-bond acceptors (Lipinski definition) is 11. The summed E-state index contributed by atoms with van der Waals surface area (Å²) in [4.78, 5) is 44.0. The average Bonchev–Trinajstić information content (AvgIpc) is 2.82. The predicted octanol–water partition coefficient (Wildman–Crippen LogP) is -1.47. The topological polar surface area (TPSA) is 238 Å². The summed E-state index contributed by atoms with van der Waals surface area (Å²) in [5.41, 5.74) is -1.77. The zero-order chi connectivity index (χ0) is 29.6. The molecule has 208 valence electrons. The molecule has 1 N–H and O–H groups in total. The average molecular weight is 615 g/mol. The van der Waals surface area contributed by atoms with Gasteiger partial charge in [0.25, 0.3) is 33.3 Å². The largest absolute Gasteiger partial charge is 1.00 e. The van der Waals surface area contributed by atoms with Gasteiger partial charge in [-0.25, -0.2) is 8.42 Å². The zero-order valence-corrected chi connectivity index (χ0v) is 26.2. The first-order valence-electron chi connectivity index (χ1n) is 10.4. The van der Waals surface area contributed by atoms with E-state index >= 15 is 0 Å². The van der Waals surface area contributed by atoms with Gasteiger partial charge in [-0.2, -0.15) is 8.42 Å². The Hall–Kier alpha value is -2.36. The summed E-state index contributed by atoms with van der Waals surface area (Å²) < 4.78 is 64.8. The Morgan fingerprint density at radius 2 is 1.21 bits per heavy atom. The van der Waals surface area contributed by atoms with Crippen LogP contribution in [0.25, 0.3) is 0 Å². The first kappa shape index (κ1) is 36.6. The van der Waals surface area contributed by atoms with Crippen LogP contribution in [-0.2, 0) is 20.2 Å². The van der Waals surface area contributed by atoms with E-state index in [1.165, 1.54) is 19.0 Å². The molecule has 0 aromatic heterocycles. The van der Waals surface area contributed by atoms with Crippen LogP contribution in [0.5, 0.6) is 0 Å². The number of carbonyl (C=O) groups is 2. The van der Waals surface area contributed by atoms with Crippen LogP contribution in [0.3, 0.4) is 0 Å².